The third kappa shape index (κ3) is 5.93. The molecule has 1 rings (SSSR count). The van der Waals surface area contributed by atoms with E-state index in [1.807, 2.05) is 0 Å². The van der Waals surface area contributed by atoms with Crippen molar-refractivity contribution >= 4 is 12.6 Å². The minimum absolute atomic E-state index is 0.0869. The molecule has 0 aliphatic carbocycles. The van der Waals surface area contributed by atoms with Gasteiger partial charge in [-0.3, -0.25) is 4.79 Å². The van der Waals surface area contributed by atoms with Crippen LogP contribution >= 0.6 is 0 Å². The molecular weight excluding hydrogens is 232 g/mol. The summed E-state index contributed by atoms with van der Waals surface area (Å²) in [5.74, 6) is 0.375. The van der Waals surface area contributed by atoms with Crippen LogP contribution in [-0.2, 0) is 4.79 Å². The molecule has 96 valence electrons. The van der Waals surface area contributed by atoms with Gasteiger partial charge in [0.2, 0.25) is 0 Å². The van der Waals surface area contributed by atoms with Crippen LogP contribution in [0, 0.1) is 0 Å². The van der Waals surface area contributed by atoms with Crippen molar-refractivity contribution in [2.45, 2.75) is 18.3 Å². The van der Waals surface area contributed by atoms with E-state index in [0.717, 1.165) is 0 Å². The van der Waals surface area contributed by atoms with E-state index in [1.165, 1.54) is 6.26 Å². The summed E-state index contributed by atoms with van der Waals surface area (Å²) < 4.78 is 4.61. The number of aliphatic hydroxyl groups is 4. The van der Waals surface area contributed by atoms with Crippen molar-refractivity contribution in [3.05, 3.63) is 24.2 Å². The standard InChI is InChI=1S/C5H10O5.C5H4O2/c6-1-3(8)5(10)4(9)2-7;6-4-5-2-1-3-7-5/h1,3-5,7-10H,2H2;1-4H/t3-,4+,5+;/m0./s1. The maximum Gasteiger partial charge on any atom is 0.185 e. The highest BCUT2D eigenvalue weighted by molar-refractivity contribution is 5.69. The Hall–Kier alpha value is -1.54. The van der Waals surface area contributed by atoms with Crippen molar-refractivity contribution in [2.24, 2.45) is 0 Å². The number of carbonyl (C=O) groups excluding carboxylic acids is 2. The van der Waals surface area contributed by atoms with E-state index in [9.17, 15) is 9.59 Å². The summed E-state index contributed by atoms with van der Waals surface area (Å²) in [4.78, 5) is 19.5. The number of aliphatic hydroxyl groups excluding tert-OH is 4. The van der Waals surface area contributed by atoms with Gasteiger partial charge in [-0.25, -0.2) is 0 Å². The summed E-state index contributed by atoms with van der Waals surface area (Å²) in [6.45, 7) is -0.688. The van der Waals surface area contributed by atoms with Gasteiger partial charge in [0.15, 0.2) is 18.3 Å². The van der Waals surface area contributed by atoms with Crippen molar-refractivity contribution < 1.29 is 34.4 Å². The van der Waals surface area contributed by atoms with Crippen molar-refractivity contribution in [3.8, 4) is 0 Å². The van der Waals surface area contributed by atoms with Gasteiger partial charge in [0, 0.05) is 0 Å². The number of hydrogen-bond acceptors (Lipinski definition) is 7. The van der Waals surface area contributed by atoms with Gasteiger partial charge in [-0.2, -0.15) is 0 Å². The van der Waals surface area contributed by atoms with Crippen LogP contribution in [0.1, 0.15) is 10.6 Å². The van der Waals surface area contributed by atoms with Crippen LogP contribution in [-0.4, -0.2) is 57.9 Å². The summed E-state index contributed by atoms with van der Waals surface area (Å²) >= 11 is 0. The minimum Gasteiger partial charge on any atom is -0.462 e. The molecule has 1 heterocycles. The van der Waals surface area contributed by atoms with Crippen molar-refractivity contribution in [1.29, 1.82) is 0 Å². The number of furan rings is 1. The Balaban J connectivity index is 0.000000318. The van der Waals surface area contributed by atoms with E-state index in [1.54, 1.807) is 12.1 Å². The van der Waals surface area contributed by atoms with Crippen molar-refractivity contribution in [2.75, 3.05) is 6.61 Å². The molecule has 4 N–H and O–H groups in total. The molecule has 3 atom stereocenters. The van der Waals surface area contributed by atoms with E-state index in [4.69, 9.17) is 20.4 Å². The van der Waals surface area contributed by atoms with Gasteiger partial charge in [0.05, 0.1) is 12.9 Å². The molecule has 1 aromatic heterocycles. The number of aldehydes is 2. The number of hydrogen-bond donors (Lipinski definition) is 4. The van der Waals surface area contributed by atoms with Gasteiger partial charge >= 0.3 is 0 Å². The molecule has 0 saturated heterocycles. The summed E-state index contributed by atoms with van der Waals surface area (Å²) in [7, 11) is 0. The lowest BCUT2D eigenvalue weighted by Gasteiger charge is -2.16. The molecule has 0 spiro atoms. The van der Waals surface area contributed by atoms with Crippen molar-refractivity contribution in [1.82, 2.24) is 0 Å². The van der Waals surface area contributed by atoms with Gasteiger partial charge in [0.1, 0.15) is 18.3 Å². The molecule has 0 aliphatic rings. The van der Waals surface area contributed by atoms with Crippen LogP contribution < -0.4 is 0 Å². The highest BCUT2D eigenvalue weighted by Crippen LogP contribution is 1.96. The quantitative estimate of drug-likeness (QED) is 0.458. The number of carbonyl (C=O) groups is 2. The Labute approximate surface area is 96.9 Å². The van der Waals surface area contributed by atoms with Crippen molar-refractivity contribution in [3.63, 3.8) is 0 Å². The van der Waals surface area contributed by atoms with Crippen LogP contribution in [0.2, 0.25) is 0 Å². The maximum absolute atomic E-state index is 9.77. The van der Waals surface area contributed by atoms with E-state index < -0.39 is 24.9 Å². The molecule has 0 fully saturated rings. The Kier molecular flexibility index (Phi) is 7.82. The lowest BCUT2D eigenvalue weighted by Crippen LogP contribution is -2.40. The second-order valence-corrected chi connectivity index (χ2v) is 3.00. The SMILES string of the molecule is O=C[C@H](O)[C@@H](O)[C@H](O)CO.O=Cc1ccco1. The largest absolute Gasteiger partial charge is 0.462 e. The second-order valence-electron chi connectivity index (χ2n) is 3.00. The van der Waals surface area contributed by atoms with Gasteiger partial charge in [-0.05, 0) is 12.1 Å². The van der Waals surface area contributed by atoms with Gasteiger partial charge < -0.3 is 29.6 Å². The molecule has 17 heavy (non-hydrogen) atoms. The zero-order valence-electron chi connectivity index (χ0n) is 8.84. The Morgan fingerprint density at radius 3 is 2.24 bits per heavy atom. The van der Waals surface area contributed by atoms with Crippen LogP contribution in [0.3, 0.4) is 0 Å². The summed E-state index contributed by atoms with van der Waals surface area (Å²) in [5.41, 5.74) is 0. The molecule has 1 aromatic rings. The first-order valence-corrected chi connectivity index (χ1v) is 4.65. The van der Waals surface area contributed by atoms with Crippen LogP contribution in [0.25, 0.3) is 0 Å². The zero-order chi connectivity index (χ0) is 13.3. The fourth-order valence-electron chi connectivity index (χ4n) is 0.774. The third-order valence-corrected chi connectivity index (χ3v) is 1.73. The van der Waals surface area contributed by atoms with E-state index in [-0.39, 0.29) is 6.29 Å². The lowest BCUT2D eigenvalue weighted by molar-refractivity contribution is -0.127. The topological polar surface area (TPSA) is 128 Å². The normalized spacial score (nSPS) is 15.1. The highest BCUT2D eigenvalue weighted by Gasteiger charge is 2.22. The fraction of sp³-hybridized carbons (Fsp3) is 0.400. The lowest BCUT2D eigenvalue weighted by atomic mass is 10.1. The van der Waals surface area contributed by atoms with Gasteiger partial charge in [-0.15, -0.1) is 0 Å². The minimum atomic E-state index is -1.64. The molecule has 0 saturated carbocycles. The van der Waals surface area contributed by atoms with E-state index in [0.29, 0.717) is 12.0 Å². The predicted molar refractivity (Wildman–Crippen MR) is 55.3 cm³/mol. The molecule has 0 unspecified atom stereocenters. The fourth-order valence-corrected chi connectivity index (χ4v) is 0.774. The Morgan fingerprint density at radius 2 is 1.94 bits per heavy atom. The average Bonchev–Trinajstić information content (AvgIpc) is 2.89. The summed E-state index contributed by atoms with van der Waals surface area (Å²) in [6, 6.07) is 3.27. The molecular formula is C10H14O7. The van der Waals surface area contributed by atoms with Gasteiger partial charge in [-0.1, -0.05) is 0 Å². The molecule has 0 aliphatic heterocycles. The van der Waals surface area contributed by atoms with Gasteiger partial charge in [0.25, 0.3) is 0 Å². The molecule has 0 bridgehead atoms. The first-order chi connectivity index (χ1) is 8.06. The molecule has 0 amide bonds. The molecule has 7 nitrogen and oxygen atoms in total. The molecule has 0 radical (unpaired) electrons. The Bertz CT molecular complexity index is 308. The van der Waals surface area contributed by atoms with E-state index in [2.05, 4.69) is 4.42 Å². The first kappa shape index (κ1) is 15.5. The predicted octanol–water partition coefficient (Wildman–Crippen LogP) is -1.65. The summed E-state index contributed by atoms with van der Waals surface area (Å²) in [6.07, 6.45) is -2.50. The average molecular weight is 246 g/mol. The first-order valence-electron chi connectivity index (χ1n) is 4.65. The zero-order valence-corrected chi connectivity index (χ0v) is 8.84. The van der Waals surface area contributed by atoms with Crippen LogP contribution in [0.15, 0.2) is 22.8 Å². The molecule has 0 aromatic carbocycles. The second kappa shape index (κ2) is 8.59. The van der Waals surface area contributed by atoms with E-state index >= 15 is 0 Å². The highest BCUT2D eigenvalue weighted by atomic mass is 16.4. The summed E-state index contributed by atoms with van der Waals surface area (Å²) in [5, 5.41) is 34.1. The number of rotatable bonds is 5. The molecule has 7 heteroatoms. The van der Waals surface area contributed by atoms with Crippen LogP contribution in [0.5, 0.6) is 0 Å². The smallest absolute Gasteiger partial charge is 0.185 e. The Morgan fingerprint density at radius 1 is 1.29 bits per heavy atom. The van der Waals surface area contributed by atoms with Crippen LogP contribution in [0.4, 0.5) is 0 Å². The maximum atomic E-state index is 9.77. The monoisotopic (exact) mass is 246 g/mol. The third-order valence-electron chi connectivity index (χ3n) is 1.73.